The normalized spacial score (nSPS) is 13.2. The second-order valence-electron chi connectivity index (χ2n) is 9.07. The maximum absolute atomic E-state index is 5.23. The maximum atomic E-state index is 5.23. The van der Waals surface area contributed by atoms with Gasteiger partial charge >= 0.3 is 0 Å². The van der Waals surface area contributed by atoms with E-state index >= 15 is 0 Å². The van der Waals surface area contributed by atoms with Crippen molar-refractivity contribution < 1.29 is 0 Å². The van der Waals surface area contributed by atoms with Gasteiger partial charge in [-0.3, -0.25) is 4.57 Å². The number of aromatic nitrogens is 3. The first-order valence-electron chi connectivity index (χ1n) is 12.8. The average Bonchev–Trinajstić information content (AvgIpc) is 3.27. The first-order chi connectivity index (χ1) is 17.8. The minimum Gasteiger partial charge on any atom is -0.278 e. The molecular formula is C33H29N3. The number of nitrogens with zero attached hydrogens (tertiary/aromatic N) is 3. The van der Waals surface area contributed by atoms with E-state index in [1.165, 1.54) is 27.3 Å². The van der Waals surface area contributed by atoms with Crippen LogP contribution in [0.15, 0.2) is 97.1 Å². The van der Waals surface area contributed by atoms with Crippen LogP contribution in [0, 0.1) is 6.92 Å². The number of fused-ring (bicyclic) bond motifs is 6. The van der Waals surface area contributed by atoms with Gasteiger partial charge in [0.15, 0.2) is 0 Å². The maximum Gasteiger partial charge on any atom is 0.235 e. The number of rotatable bonds is 2. The molecule has 0 spiro atoms. The van der Waals surface area contributed by atoms with Crippen LogP contribution in [0.25, 0.3) is 55.0 Å². The fraction of sp³-hybridized carbons (Fsp3) is 0.152. The molecule has 0 fully saturated rings. The molecule has 36 heavy (non-hydrogen) atoms. The van der Waals surface area contributed by atoms with Gasteiger partial charge in [0.25, 0.3) is 0 Å². The van der Waals surface area contributed by atoms with Crippen LogP contribution >= 0.6 is 0 Å². The van der Waals surface area contributed by atoms with Crippen molar-refractivity contribution in [3.63, 3.8) is 0 Å². The Labute approximate surface area is 211 Å². The minimum absolute atomic E-state index is 0.716. The second kappa shape index (κ2) is 9.09. The molecular weight excluding hydrogens is 438 g/mol. The van der Waals surface area contributed by atoms with Crippen molar-refractivity contribution in [2.45, 2.75) is 33.6 Å². The molecule has 0 radical (unpaired) electrons. The van der Waals surface area contributed by atoms with Crippen molar-refractivity contribution in [1.82, 2.24) is 14.5 Å². The third kappa shape index (κ3) is 3.51. The van der Waals surface area contributed by atoms with E-state index in [9.17, 15) is 0 Å². The Hall–Kier alpha value is -4.24. The molecule has 7 rings (SSSR count). The molecule has 6 aromatic rings. The highest BCUT2D eigenvalue weighted by atomic mass is 15.2. The Morgan fingerprint density at radius 2 is 1.47 bits per heavy atom. The molecule has 0 N–H and O–H groups in total. The van der Waals surface area contributed by atoms with Gasteiger partial charge in [-0.25, -0.2) is 9.97 Å². The Bertz CT molecular complexity index is 1820. The van der Waals surface area contributed by atoms with E-state index in [0.29, 0.717) is 5.95 Å². The summed E-state index contributed by atoms with van der Waals surface area (Å²) >= 11 is 0. The summed E-state index contributed by atoms with van der Waals surface area (Å²) in [4.78, 5) is 10.5. The van der Waals surface area contributed by atoms with Gasteiger partial charge < -0.3 is 0 Å². The minimum atomic E-state index is 0.716. The van der Waals surface area contributed by atoms with E-state index in [4.69, 9.17) is 9.97 Å². The molecule has 4 aromatic carbocycles. The molecule has 0 aliphatic heterocycles. The number of aryl methyl sites for hydroxylation is 1. The zero-order valence-corrected chi connectivity index (χ0v) is 21.0. The smallest absolute Gasteiger partial charge is 0.235 e. The van der Waals surface area contributed by atoms with Crippen LogP contribution in [0.1, 0.15) is 37.9 Å². The summed E-state index contributed by atoms with van der Waals surface area (Å²) in [5.41, 5.74) is 6.67. The lowest BCUT2D eigenvalue weighted by atomic mass is 9.98. The van der Waals surface area contributed by atoms with Crippen molar-refractivity contribution in [1.29, 1.82) is 0 Å². The molecule has 0 saturated heterocycles. The van der Waals surface area contributed by atoms with Gasteiger partial charge in [0.05, 0.1) is 22.2 Å². The first-order valence-corrected chi connectivity index (χ1v) is 12.8. The fourth-order valence-corrected chi connectivity index (χ4v) is 5.26. The summed E-state index contributed by atoms with van der Waals surface area (Å²) < 4.78 is 2.22. The van der Waals surface area contributed by atoms with Crippen LogP contribution in [-0.4, -0.2) is 14.5 Å². The Morgan fingerprint density at radius 3 is 2.31 bits per heavy atom. The predicted molar refractivity (Wildman–Crippen MR) is 154 cm³/mol. The Balaban J connectivity index is 0.00000117. The van der Waals surface area contributed by atoms with Crippen LogP contribution < -0.4 is 0 Å². The first kappa shape index (κ1) is 22.2. The number of benzene rings is 4. The van der Waals surface area contributed by atoms with Crippen LogP contribution in [0.4, 0.5) is 0 Å². The zero-order valence-electron chi connectivity index (χ0n) is 21.0. The summed E-state index contributed by atoms with van der Waals surface area (Å²) in [6.45, 7) is 6.14. The molecule has 0 atom stereocenters. The molecule has 0 unspecified atom stereocenters. The van der Waals surface area contributed by atoms with Gasteiger partial charge in [0, 0.05) is 21.5 Å². The molecule has 2 heterocycles. The summed E-state index contributed by atoms with van der Waals surface area (Å²) in [7, 11) is 0. The van der Waals surface area contributed by atoms with Crippen molar-refractivity contribution in [2.24, 2.45) is 0 Å². The van der Waals surface area contributed by atoms with Gasteiger partial charge in [-0.1, -0.05) is 92.2 Å². The number of para-hydroxylation sites is 1. The van der Waals surface area contributed by atoms with E-state index < -0.39 is 0 Å². The number of hydrogen-bond donors (Lipinski definition) is 0. The van der Waals surface area contributed by atoms with E-state index in [2.05, 4.69) is 109 Å². The van der Waals surface area contributed by atoms with E-state index in [1.54, 1.807) is 0 Å². The van der Waals surface area contributed by atoms with Gasteiger partial charge in [0.1, 0.15) is 0 Å². The highest BCUT2D eigenvalue weighted by molar-refractivity contribution is 6.11. The van der Waals surface area contributed by atoms with Crippen LogP contribution in [0.5, 0.6) is 0 Å². The van der Waals surface area contributed by atoms with E-state index in [1.807, 2.05) is 13.8 Å². The van der Waals surface area contributed by atoms with Crippen LogP contribution in [0.3, 0.4) is 0 Å². The molecule has 2 aromatic heterocycles. The third-order valence-corrected chi connectivity index (χ3v) is 6.88. The number of hydrogen-bond acceptors (Lipinski definition) is 2. The van der Waals surface area contributed by atoms with Gasteiger partial charge in [0.2, 0.25) is 5.95 Å². The molecule has 0 saturated carbocycles. The van der Waals surface area contributed by atoms with E-state index in [0.717, 1.165) is 45.9 Å². The lowest BCUT2D eigenvalue weighted by Crippen LogP contribution is -2.05. The van der Waals surface area contributed by atoms with Gasteiger partial charge in [-0.2, -0.15) is 0 Å². The molecule has 3 heteroatoms. The third-order valence-electron chi connectivity index (χ3n) is 6.88. The van der Waals surface area contributed by atoms with Crippen molar-refractivity contribution in [3.05, 3.63) is 108 Å². The highest BCUT2D eigenvalue weighted by Gasteiger charge is 2.18. The van der Waals surface area contributed by atoms with E-state index in [-0.39, 0.29) is 0 Å². The lowest BCUT2D eigenvalue weighted by molar-refractivity contribution is 0.997. The van der Waals surface area contributed by atoms with Crippen LogP contribution in [-0.2, 0) is 0 Å². The average molecular weight is 468 g/mol. The number of allylic oxidation sites excluding steroid dienone is 4. The summed E-state index contributed by atoms with van der Waals surface area (Å²) in [6, 6.07) is 28.0. The molecule has 0 bridgehead atoms. The Kier molecular flexibility index (Phi) is 5.61. The Morgan fingerprint density at radius 1 is 0.694 bits per heavy atom. The second-order valence-corrected chi connectivity index (χ2v) is 9.07. The van der Waals surface area contributed by atoms with Gasteiger partial charge in [-0.15, -0.1) is 0 Å². The topological polar surface area (TPSA) is 30.7 Å². The predicted octanol–water partition coefficient (Wildman–Crippen LogP) is 8.95. The molecule has 3 nitrogen and oxygen atoms in total. The monoisotopic (exact) mass is 467 g/mol. The SMILES string of the molecule is CC.Cc1ccc2c(c1)c1ccccc1n2-c1nc(C2=CCCC=C2)c2ccc3ccccc3c2n1. The van der Waals surface area contributed by atoms with Crippen molar-refractivity contribution in [3.8, 4) is 5.95 Å². The fourth-order valence-electron chi connectivity index (χ4n) is 5.26. The molecule has 1 aliphatic carbocycles. The summed E-state index contributed by atoms with van der Waals surface area (Å²) in [5.74, 6) is 0.716. The van der Waals surface area contributed by atoms with Crippen molar-refractivity contribution in [2.75, 3.05) is 0 Å². The quantitative estimate of drug-likeness (QED) is 0.238. The summed E-state index contributed by atoms with van der Waals surface area (Å²) in [5, 5.41) is 5.90. The largest absolute Gasteiger partial charge is 0.278 e. The summed E-state index contributed by atoms with van der Waals surface area (Å²) in [6.07, 6.45) is 8.87. The highest BCUT2D eigenvalue weighted by Crippen LogP contribution is 2.35. The standard InChI is InChI=1S/C31H23N3.C2H6/c1-20-15-18-28-26(19-20)24-13-7-8-14-27(24)34(28)31-32-29(22-10-3-2-4-11-22)25-17-16-21-9-5-6-12-23(21)30(25)33-31;1-2/h3,5-19H,2,4H2,1H3;1-2H3. The molecule has 0 amide bonds. The molecule has 1 aliphatic rings. The van der Waals surface area contributed by atoms with Gasteiger partial charge in [-0.05, 0) is 55.0 Å². The van der Waals surface area contributed by atoms with Crippen LogP contribution in [0.2, 0.25) is 0 Å². The molecule has 176 valence electrons. The zero-order chi connectivity index (χ0) is 24.6. The lowest BCUT2D eigenvalue weighted by Gasteiger charge is -2.14. The van der Waals surface area contributed by atoms with Crippen molar-refractivity contribution >= 4 is 49.1 Å².